The van der Waals surface area contributed by atoms with Gasteiger partial charge in [-0.15, -0.1) is 0 Å². The van der Waals surface area contributed by atoms with E-state index in [4.69, 9.17) is 4.74 Å². The molecule has 0 spiro atoms. The molecule has 6 heteroatoms. The van der Waals surface area contributed by atoms with E-state index in [1.165, 1.54) is 0 Å². The predicted molar refractivity (Wildman–Crippen MR) is 94.0 cm³/mol. The Labute approximate surface area is 146 Å². The first-order valence-corrected chi connectivity index (χ1v) is 8.42. The molecule has 1 atom stereocenters. The van der Waals surface area contributed by atoms with Gasteiger partial charge in [0, 0.05) is 18.4 Å². The third-order valence-electron chi connectivity index (χ3n) is 4.54. The topological polar surface area (TPSA) is 60.2 Å². The van der Waals surface area contributed by atoms with Crippen LogP contribution in [0.5, 0.6) is 0 Å². The first-order valence-electron chi connectivity index (χ1n) is 8.42. The number of carbonyl (C=O) groups excluding carboxylic acids is 1. The minimum absolute atomic E-state index is 0.0854. The molecule has 0 saturated carbocycles. The van der Waals surface area contributed by atoms with Crippen molar-refractivity contribution in [2.45, 2.75) is 19.6 Å². The summed E-state index contributed by atoms with van der Waals surface area (Å²) < 4.78 is 7.77. The molecule has 1 saturated heterocycles. The summed E-state index contributed by atoms with van der Waals surface area (Å²) in [7, 11) is 0. The first kappa shape index (κ1) is 15.8. The maximum atomic E-state index is 12.8. The number of imidazole rings is 1. The highest BCUT2D eigenvalue weighted by molar-refractivity contribution is 5.80. The Morgan fingerprint density at radius 3 is 3.04 bits per heavy atom. The number of rotatable bonds is 3. The number of nitrogens with zero attached hydrogens (tertiary/aromatic N) is 4. The van der Waals surface area contributed by atoms with Gasteiger partial charge in [-0.1, -0.05) is 12.1 Å². The van der Waals surface area contributed by atoms with Crippen LogP contribution in [0.15, 0.2) is 48.9 Å². The predicted octanol–water partition coefficient (Wildman–Crippen LogP) is 2.34. The van der Waals surface area contributed by atoms with Crippen LogP contribution in [0.25, 0.3) is 11.0 Å². The third-order valence-corrected chi connectivity index (χ3v) is 4.54. The molecule has 6 nitrogen and oxygen atoms in total. The number of hydrogen-bond acceptors (Lipinski definition) is 4. The monoisotopic (exact) mass is 336 g/mol. The van der Waals surface area contributed by atoms with E-state index in [1.807, 2.05) is 52.8 Å². The highest BCUT2D eigenvalue weighted by Gasteiger charge is 2.25. The molecule has 1 aliphatic rings. The number of pyridine rings is 1. The van der Waals surface area contributed by atoms with Crippen LogP contribution in [0.2, 0.25) is 0 Å². The van der Waals surface area contributed by atoms with Crippen LogP contribution in [0.4, 0.5) is 0 Å². The second-order valence-electron chi connectivity index (χ2n) is 6.29. The van der Waals surface area contributed by atoms with Crippen LogP contribution < -0.4 is 0 Å². The summed E-state index contributed by atoms with van der Waals surface area (Å²) >= 11 is 0. The van der Waals surface area contributed by atoms with Gasteiger partial charge in [0.05, 0.1) is 30.5 Å². The van der Waals surface area contributed by atoms with Gasteiger partial charge in [0.1, 0.15) is 12.6 Å². The molecule has 1 amide bonds. The molecule has 3 aromatic rings. The Balaban J connectivity index is 1.48. The molecule has 1 unspecified atom stereocenters. The third kappa shape index (κ3) is 3.25. The van der Waals surface area contributed by atoms with E-state index in [1.54, 1.807) is 12.5 Å². The molecule has 4 rings (SSSR count). The van der Waals surface area contributed by atoms with Crippen molar-refractivity contribution in [3.8, 4) is 0 Å². The zero-order valence-electron chi connectivity index (χ0n) is 14.1. The summed E-state index contributed by atoms with van der Waals surface area (Å²) in [6.07, 6.45) is 3.41. The van der Waals surface area contributed by atoms with Crippen LogP contribution in [0.1, 0.15) is 17.4 Å². The summed E-state index contributed by atoms with van der Waals surface area (Å²) in [5, 5.41) is 0. The Morgan fingerprint density at radius 2 is 2.16 bits per heavy atom. The van der Waals surface area contributed by atoms with E-state index >= 15 is 0 Å². The second-order valence-corrected chi connectivity index (χ2v) is 6.29. The zero-order valence-corrected chi connectivity index (χ0v) is 14.1. The van der Waals surface area contributed by atoms with Crippen molar-refractivity contribution >= 4 is 16.9 Å². The number of para-hydroxylation sites is 2. The number of benzene rings is 1. The van der Waals surface area contributed by atoms with E-state index in [0.29, 0.717) is 26.2 Å². The Bertz CT molecular complexity index is 905. The fraction of sp³-hybridized carbons (Fsp3) is 0.316. The molecule has 0 N–H and O–H groups in total. The van der Waals surface area contributed by atoms with Gasteiger partial charge in [-0.25, -0.2) is 4.98 Å². The minimum atomic E-state index is -0.0982. The van der Waals surface area contributed by atoms with E-state index in [9.17, 15) is 4.79 Å². The minimum Gasteiger partial charge on any atom is -0.370 e. The number of hydrogen-bond donors (Lipinski definition) is 0. The standard InChI is InChI=1S/C19H20N4O2/c1-14-10-15(6-7-20-14)18-11-22(8-9-25-18)19(24)12-23-13-21-16-4-2-3-5-17(16)23/h2-7,10,13,18H,8-9,11-12H2,1H3. The maximum absolute atomic E-state index is 12.8. The van der Waals surface area contributed by atoms with Gasteiger partial charge in [-0.3, -0.25) is 9.78 Å². The van der Waals surface area contributed by atoms with Crippen molar-refractivity contribution in [1.29, 1.82) is 0 Å². The van der Waals surface area contributed by atoms with Gasteiger partial charge in [-0.2, -0.15) is 0 Å². The molecule has 25 heavy (non-hydrogen) atoms. The highest BCUT2D eigenvalue weighted by Crippen LogP contribution is 2.23. The lowest BCUT2D eigenvalue weighted by atomic mass is 10.1. The normalized spacial score (nSPS) is 17.8. The average molecular weight is 336 g/mol. The molecule has 0 bridgehead atoms. The Kier molecular flexibility index (Phi) is 4.19. The number of carbonyl (C=O) groups is 1. The largest absolute Gasteiger partial charge is 0.370 e. The highest BCUT2D eigenvalue weighted by atomic mass is 16.5. The lowest BCUT2D eigenvalue weighted by molar-refractivity contribution is -0.139. The zero-order chi connectivity index (χ0) is 17.2. The number of fused-ring (bicyclic) bond motifs is 1. The molecular formula is C19H20N4O2. The van der Waals surface area contributed by atoms with Gasteiger partial charge in [0.15, 0.2) is 0 Å². The summed E-state index contributed by atoms with van der Waals surface area (Å²) in [5.41, 5.74) is 3.90. The van der Waals surface area contributed by atoms with Crippen molar-refractivity contribution in [1.82, 2.24) is 19.4 Å². The fourth-order valence-corrected chi connectivity index (χ4v) is 3.23. The van der Waals surface area contributed by atoms with Gasteiger partial charge in [0.25, 0.3) is 0 Å². The quantitative estimate of drug-likeness (QED) is 0.736. The van der Waals surface area contributed by atoms with Gasteiger partial charge < -0.3 is 14.2 Å². The molecule has 3 heterocycles. The number of morpholine rings is 1. The van der Waals surface area contributed by atoms with Crippen molar-refractivity contribution in [2.24, 2.45) is 0 Å². The van der Waals surface area contributed by atoms with Crippen molar-refractivity contribution in [2.75, 3.05) is 19.7 Å². The van der Waals surface area contributed by atoms with Crippen molar-refractivity contribution < 1.29 is 9.53 Å². The summed E-state index contributed by atoms with van der Waals surface area (Å²) in [4.78, 5) is 23.2. The van der Waals surface area contributed by atoms with Gasteiger partial charge >= 0.3 is 0 Å². The lowest BCUT2D eigenvalue weighted by Gasteiger charge is -2.33. The molecule has 1 fully saturated rings. The average Bonchev–Trinajstić information content (AvgIpc) is 3.05. The fourth-order valence-electron chi connectivity index (χ4n) is 3.23. The summed E-state index contributed by atoms with van der Waals surface area (Å²) in [5.74, 6) is 0.0854. The SMILES string of the molecule is Cc1cc(C2CN(C(=O)Cn3cnc4ccccc43)CCO2)ccn1. The van der Waals surface area contributed by atoms with E-state index < -0.39 is 0 Å². The van der Waals surface area contributed by atoms with E-state index in [-0.39, 0.29) is 12.0 Å². The van der Waals surface area contributed by atoms with Gasteiger partial charge in [0.2, 0.25) is 5.91 Å². The molecule has 0 radical (unpaired) electrons. The first-order chi connectivity index (χ1) is 12.2. The molecular weight excluding hydrogens is 316 g/mol. The van der Waals surface area contributed by atoms with Crippen molar-refractivity contribution in [3.63, 3.8) is 0 Å². The van der Waals surface area contributed by atoms with E-state index in [0.717, 1.165) is 22.3 Å². The number of amides is 1. The van der Waals surface area contributed by atoms with Crippen LogP contribution in [0.3, 0.4) is 0 Å². The number of aryl methyl sites for hydroxylation is 1. The second kappa shape index (κ2) is 6.64. The lowest BCUT2D eigenvalue weighted by Crippen LogP contribution is -2.43. The van der Waals surface area contributed by atoms with E-state index in [2.05, 4.69) is 9.97 Å². The van der Waals surface area contributed by atoms with Gasteiger partial charge in [-0.05, 0) is 36.8 Å². The molecule has 2 aromatic heterocycles. The smallest absolute Gasteiger partial charge is 0.242 e. The van der Waals surface area contributed by atoms with Crippen LogP contribution in [-0.4, -0.2) is 45.0 Å². The Morgan fingerprint density at radius 1 is 1.28 bits per heavy atom. The van der Waals surface area contributed by atoms with Crippen LogP contribution >= 0.6 is 0 Å². The summed E-state index contributed by atoms with van der Waals surface area (Å²) in [6.45, 7) is 3.98. The maximum Gasteiger partial charge on any atom is 0.242 e. The molecule has 1 aromatic carbocycles. The molecule has 128 valence electrons. The number of aromatic nitrogens is 3. The molecule has 1 aliphatic heterocycles. The van der Waals surface area contributed by atoms with Crippen molar-refractivity contribution in [3.05, 3.63) is 60.2 Å². The Hall–Kier alpha value is -2.73. The van der Waals surface area contributed by atoms with Crippen LogP contribution in [0, 0.1) is 6.92 Å². The number of ether oxygens (including phenoxy) is 1. The summed E-state index contributed by atoms with van der Waals surface area (Å²) in [6, 6.07) is 11.8. The van der Waals surface area contributed by atoms with Crippen LogP contribution in [-0.2, 0) is 16.1 Å². The molecule has 0 aliphatic carbocycles.